The van der Waals surface area contributed by atoms with Crippen LogP contribution in [0.15, 0.2) is 31.6 Å². The van der Waals surface area contributed by atoms with Crippen LogP contribution in [0.25, 0.3) is 5.57 Å². The molecule has 1 aliphatic rings. The number of carbonyl (C=O) groups excluding carboxylic acids is 2. The van der Waals surface area contributed by atoms with Gasteiger partial charge in [0.1, 0.15) is 0 Å². The summed E-state index contributed by atoms with van der Waals surface area (Å²) in [7, 11) is 0. The van der Waals surface area contributed by atoms with Crippen LogP contribution in [0.1, 0.15) is 5.56 Å². The molecular weight excluding hydrogens is 486 g/mol. The van der Waals surface area contributed by atoms with Crippen LogP contribution < -0.4 is 0 Å². The van der Waals surface area contributed by atoms with Gasteiger partial charge in [0.05, 0.1) is 26.2 Å². The highest BCUT2D eigenvalue weighted by Crippen LogP contribution is 2.39. The van der Waals surface area contributed by atoms with Crippen molar-refractivity contribution >= 4 is 81.3 Å². The predicted octanol–water partition coefficient (Wildman–Crippen LogP) is 4.00. The molecule has 0 unspecified atom stereocenters. The number of carbonyl (C=O) groups is 2. The second-order valence-electron chi connectivity index (χ2n) is 3.18. The third kappa shape index (κ3) is 2.18. The van der Waals surface area contributed by atoms with Gasteiger partial charge >= 0.3 is 0 Å². The van der Waals surface area contributed by atoms with Crippen molar-refractivity contribution in [3.63, 3.8) is 0 Å². The maximum atomic E-state index is 11.9. The molecule has 2 rings (SSSR count). The van der Waals surface area contributed by atoms with Crippen LogP contribution in [0.2, 0.25) is 0 Å². The lowest BCUT2D eigenvalue weighted by atomic mass is 10.1. The smallest absolute Gasteiger partial charge is 0.268 e. The summed E-state index contributed by atoms with van der Waals surface area (Å²) in [6.07, 6.45) is 0. The standard InChI is InChI=1S/C10H3Br4NO2/c11-5-3-1-2-4(7(5)12)6-8(13)10(17)15(14)9(6)16/h1-3H. The predicted molar refractivity (Wildman–Crippen MR) is 78.5 cm³/mol. The van der Waals surface area contributed by atoms with Gasteiger partial charge in [0.25, 0.3) is 11.8 Å². The Morgan fingerprint density at radius 3 is 2.18 bits per heavy atom. The van der Waals surface area contributed by atoms with Gasteiger partial charge in [-0.2, -0.15) is 0 Å². The zero-order chi connectivity index (χ0) is 12.7. The van der Waals surface area contributed by atoms with Crippen molar-refractivity contribution in [3.05, 3.63) is 37.2 Å². The highest BCUT2D eigenvalue weighted by atomic mass is 79.9. The molecule has 7 heteroatoms. The van der Waals surface area contributed by atoms with Crippen LogP contribution >= 0.6 is 63.9 Å². The number of hydrogen-bond donors (Lipinski definition) is 0. The number of halogens is 4. The summed E-state index contributed by atoms with van der Waals surface area (Å²) in [4.78, 5) is 23.5. The Kier molecular flexibility index (Phi) is 3.92. The second-order valence-corrected chi connectivity index (χ2v) is 6.33. The first-order chi connectivity index (χ1) is 7.95. The van der Waals surface area contributed by atoms with E-state index < -0.39 is 5.91 Å². The first-order valence-corrected chi connectivity index (χ1v) is 7.42. The van der Waals surface area contributed by atoms with Gasteiger partial charge in [-0.1, -0.05) is 12.1 Å². The number of amides is 2. The normalized spacial score (nSPS) is 16.1. The maximum Gasteiger partial charge on any atom is 0.278 e. The monoisotopic (exact) mass is 485 g/mol. The second kappa shape index (κ2) is 4.95. The van der Waals surface area contributed by atoms with Crippen LogP contribution in [0, 0.1) is 0 Å². The molecule has 0 spiro atoms. The van der Waals surface area contributed by atoms with Crippen molar-refractivity contribution in [3.8, 4) is 0 Å². The Hall–Kier alpha value is 0.0200. The minimum absolute atomic E-state index is 0.248. The molecule has 0 radical (unpaired) electrons. The zero-order valence-corrected chi connectivity index (χ0v) is 14.4. The minimum atomic E-state index is -0.406. The summed E-state index contributed by atoms with van der Waals surface area (Å²) in [6, 6.07) is 5.41. The van der Waals surface area contributed by atoms with Gasteiger partial charge < -0.3 is 0 Å². The first kappa shape index (κ1) is 13.5. The fraction of sp³-hybridized carbons (Fsp3) is 0. The van der Waals surface area contributed by atoms with Gasteiger partial charge in [-0.15, -0.1) is 0 Å². The van der Waals surface area contributed by atoms with E-state index in [-0.39, 0.29) is 10.4 Å². The average Bonchev–Trinajstić information content (AvgIpc) is 2.49. The molecular formula is C10H3Br4NO2. The van der Waals surface area contributed by atoms with Crippen LogP contribution in [0.3, 0.4) is 0 Å². The number of hydrogen-bond acceptors (Lipinski definition) is 2. The van der Waals surface area contributed by atoms with E-state index in [4.69, 9.17) is 0 Å². The van der Waals surface area contributed by atoms with Gasteiger partial charge in [0.15, 0.2) is 0 Å². The Bertz CT molecular complexity index is 567. The Labute approximate surface area is 131 Å². The molecule has 0 saturated heterocycles. The summed E-state index contributed by atoms with van der Waals surface area (Å²) in [5.41, 5.74) is 0.992. The average molecular weight is 489 g/mol. The van der Waals surface area contributed by atoms with Crippen molar-refractivity contribution in [1.29, 1.82) is 0 Å². The summed E-state index contributed by atoms with van der Waals surface area (Å²) < 4.78 is 2.70. The largest absolute Gasteiger partial charge is 0.278 e. The molecule has 2 amide bonds. The lowest BCUT2D eigenvalue weighted by Crippen LogP contribution is -2.20. The molecule has 1 aromatic rings. The van der Waals surface area contributed by atoms with Gasteiger partial charge in [0.2, 0.25) is 0 Å². The van der Waals surface area contributed by atoms with Gasteiger partial charge in [-0.3, -0.25) is 9.59 Å². The summed E-state index contributed by atoms with van der Waals surface area (Å²) in [5.74, 6) is -0.794. The van der Waals surface area contributed by atoms with Crippen molar-refractivity contribution in [2.24, 2.45) is 0 Å². The number of benzene rings is 1. The fourth-order valence-electron chi connectivity index (χ4n) is 1.41. The third-order valence-electron chi connectivity index (χ3n) is 2.20. The summed E-state index contributed by atoms with van der Waals surface area (Å²) in [6.45, 7) is 0. The molecule has 0 bridgehead atoms. The van der Waals surface area contributed by atoms with E-state index in [1.165, 1.54) is 0 Å². The van der Waals surface area contributed by atoms with Crippen molar-refractivity contribution in [2.45, 2.75) is 0 Å². The maximum absolute atomic E-state index is 11.9. The Balaban J connectivity index is 2.66. The van der Waals surface area contributed by atoms with E-state index in [9.17, 15) is 9.59 Å². The zero-order valence-electron chi connectivity index (χ0n) is 8.01. The Morgan fingerprint density at radius 2 is 1.65 bits per heavy atom. The molecule has 0 aliphatic carbocycles. The molecule has 0 fully saturated rings. The van der Waals surface area contributed by atoms with E-state index in [1.54, 1.807) is 12.1 Å². The Morgan fingerprint density at radius 1 is 1.00 bits per heavy atom. The quantitative estimate of drug-likeness (QED) is 0.443. The lowest BCUT2D eigenvalue weighted by molar-refractivity contribution is -0.129. The van der Waals surface area contributed by atoms with E-state index in [0.717, 1.165) is 12.9 Å². The van der Waals surface area contributed by atoms with Crippen LogP contribution in [0.5, 0.6) is 0 Å². The van der Waals surface area contributed by atoms with E-state index in [1.807, 2.05) is 6.07 Å². The fourth-order valence-corrected chi connectivity index (χ4v) is 3.39. The lowest BCUT2D eigenvalue weighted by Gasteiger charge is -2.07. The molecule has 0 N–H and O–H groups in total. The van der Waals surface area contributed by atoms with E-state index in [2.05, 4.69) is 63.9 Å². The molecule has 0 atom stereocenters. The molecule has 1 aromatic carbocycles. The van der Waals surface area contributed by atoms with Crippen molar-refractivity contribution in [2.75, 3.05) is 0 Å². The van der Waals surface area contributed by atoms with Crippen molar-refractivity contribution < 1.29 is 9.59 Å². The number of imide groups is 1. The third-order valence-corrected chi connectivity index (χ3v) is 5.63. The first-order valence-electron chi connectivity index (χ1n) is 4.34. The van der Waals surface area contributed by atoms with Crippen molar-refractivity contribution in [1.82, 2.24) is 3.93 Å². The molecule has 0 saturated carbocycles. The molecule has 3 nitrogen and oxygen atoms in total. The summed E-state index contributed by atoms with van der Waals surface area (Å²) in [5, 5.41) is 0. The van der Waals surface area contributed by atoms with Gasteiger partial charge in [-0.05, 0) is 53.9 Å². The highest BCUT2D eigenvalue weighted by Gasteiger charge is 2.37. The van der Waals surface area contributed by atoms with Crippen LogP contribution in [-0.2, 0) is 9.59 Å². The van der Waals surface area contributed by atoms with Crippen LogP contribution in [-0.4, -0.2) is 15.7 Å². The topological polar surface area (TPSA) is 37.4 Å². The number of rotatable bonds is 1. The SMILES string of the molecule is O=C1C(Br)=C(c2cccc(Br)c2Br)C(=O)N1Br. The highest BCUT2D eigenvalue weighted by molar-refractivity contribution is 9.13. The van der Waals surface area contributed by atoms with E-state index >= 15 is 0 Å². The van der Waals surface area contributed by atoms with Gasteiger partial charge in [0, 0.05) is 14.5 Å². The van der Waals surface area contributed by atoms with Crippen LogP contribution in [0.4, 0.5) is 0 Å². The van der Waals surface area contributed by atoms with Gasteiger partial charge in [-0.25, -0.2) is 3.93 Å². The molecule has 1 heterocycles. The molecule has 88 valence electrons. The summed E-state index contributed by atoms with van der Waals surface area (Å²) >= 11 is 12.8. The molecule has 1 aliphatic heterocycles. The molecule has 0 aromatic heterocycles. The number of nitrogens with zero attached hydrogens (tertiary/aromatic N) is 1. The molecule has 17 heavy (non-hydrogen) atoms. The minimum Gasteiger partial charge on any atom is -0.268 e. The van der Waals surface area contributed by atoms with E-state index in [0.29, 0.717) is 11.1 Å².